The molecule has 1 aliphatic rings. The maximum Gasteiger partial charge on any atom is 0.244 e. The fraction of sp³-hybridized carbons (Fsp3) is 0.684. The summed E-state index contributed by atoms with van der Waals surface area (Å²) >= 11 is 0. The van der Waals surface area contributed by atoms with Crippen LogP contribution in [0.3, 0.4) is 0 Å². The summed E-state index contributed by atoms with van der Waals surface area (Å²) in [5.41, 5.74) is 1.94. The van der Waals surface area contributed by atoms with Crippen molar-refractivity contribution in [1.82, 2.24) is 9.62 Å². The molecule has 0 spiro atoms. The van der Waals surface area contributed by atoms with E-state index < -0.39 is 10.0 Å². The van der Waals surface area contributed by atoms with Gasteiger partial charge in [0.1, 0.15) is 10.6 Å². The third kappa shape index (κ3) is 5.42. The number of nitrogens with zero attached hydrogens (tertiary/aromatic N) is 1. The summed E-state index contributed by atoms with van der Waals surface area (Å²) in [6, 6.07) is 3.62. The van der Waals surface area contributed by atoms with Crippen LogP contribution < -0.4 is 9.46 Å². The Morgan fingerprint density at radius 1 is 1.19 bits per heavy atom. The lowest BCUT2D eigenvalue weighted by Crippen LogP contribution is -2.49. The van der Waals surface area contributed by atoms with E-state index in [-0.39, 0.29) is 10.9 Å². The number of sulfonamides is 1. The van der Waals surface area contributed by atoms with Crippen molar-refractivity contribution in [3.63, 3.8) is 0 Å². The van der Waals surface area contributed by atoms with Gasteiger partial charge in [-0.1, -0.05) is 13.8 Å². The Kier molecular flexibility index (Phi) is 7.46. The second kappa shape index (κ2) is 9.17. The average molecular weight is 385 g/mol. The van der Waals surface area contributed by atoms with Crippen molar-refractivity contribution < 1.29 is 17.9 Å². The van der Waals surface area contributed by atoms with Crippen molar-refractivity contribution in [3.8, 4) is 5.75 Å². The zero-order chi connectivity index (χ0) is 19.3. The molecule has 0 saturated carbocycles. The van der Waals surface area contributed by atoms with Gasteiger partial charge < -0.3 is 9.47 Å². The Morgan fingerprint density at radius 2 is 1.81 bits per heavy atom. The molecule has 7 heteroatoms. The Morgan fingerprint density at radius 3 is 2.38 bits per heavy atom. The number of ether oxygens (including phenoxy) is 2. The first-order chi connectivity index (χ1) is 12.2. The molecule has 0 bridgehead atoms. The molecule has 2 rings (SSSR count). The van der Waals surface area contributed by atoms with Crippen LogP contribution in [0.25, 0.3) is 0 Å². The van der Waals surface area contributed by atoms with Crippen molar-refractivity contribution in [2.45, 2.75) is 45.1 Å². The third-order valence-corrected chi connectivity index (χ3v) is 6.33. The van der Waals surface area contributed by atoms with Crippen LogP contribution in [0, 0.1) is 19.8 Å². The normalized spacial score (nSPS) is 17.5. The second-order valence-corrected chi connectivity index (χ2v) is 9.11. The molecule has 1 aromatic carbocycles. The van der Waals surface area contributed by atoms with Gasteiger partial charge >= 0.3 is 0 Å². The SMILES string of the molecule is COc1cc(C)c(C)cc1S(=O)(=O)NCC(CC(C)C)N1CCOCC1. The molecule has 0 amide bonds. The maximum atomic E-state index is 12.9. The molecule has 0 radical (unpaired) electrons. The van der Waals surface area contributed by atoms with E-state index in [1.807, 2.05) is 13.8 Å². The zero-order valence-corrected chi connectivity index (χ0v) is 17.4. The summed E-state index contributed by atoms with van der Waals surface area (Å²) in [5, 5.41) is 0. The molecule has 1 heterocycles. The summed E-state index contributed by atoms with van der Waals surface area (Å²) in [6.07, 6.45) is 0.937. The Labute approximate surface area is 157 Å². The first-order valence-electron chi connectivity index (χ1n) is 9.21. The van der Waals surface area contributed by atoms with Crippen LogP contribution in [0.15, 0.2) is 17.0 Å². The molecule has 148 valence electrons. The smallest absolute Gasteiger partial charge is 0.244 e. The number of morpholine rings is 1. The first-order valence-corrected chi connectivity index (χ1v) is 10.7. The van der Waals surface area contributed by atoms with Gasteiger partial charge in [-0.15, -0.1) is 0 Å². The second-order valence-electron chi connectivity index (χ2n) is 7.37. The highest BCUT2D eigenvalue weighted by atomic mass is 32.2. The van der Waals surface area contributed by atoms with Crippen LogP contribution in [0.4, 0.5) is 0 Å². The number of rotatable bonds is 8. The Hall–Kier alpha value is -1.15. The average Bonchev–Trinajstić information content (AvgIpc) is 2.61. The number of nitrogens with one attached hydrogen (secondary N) is 1. The molecular weight excluding hydrogens is 352 g/mol. The quantitative estimate of drug-likeness (QED) is 0.745. The van der Waals surface area contributed by atoms with Gasteiger partial charge in [-0.25, -0.2) is 13.1 Å². The minimum Gasteiger partial charge on any atom is -0.495 e. The molecule has 1 unspecified atom stereocenters. The molecule has 1 atom stereocenters. The highest BCUT2D eigenvalue weighted by Crippen LogP contribution is 2.27. The zero-order valence-electron chi connectivity index (χ0n) is 16.5. The minimum absolute atomic E-state index is 0.159. The first kappa shape index (κ1) is 21.2. The topological polar surface area (TPSA) is 67.9 Å². The number of methoxy groups -OCH3 is 1. The summed E-state index contributed by atoms with van der Waals surface area (Å²) in [7, 11) is -2.15. The van der Waals surface area contributed by atoms with Gasteiger partial charge in [0.15, 0.2) is 0 Å². The van der Waals surface area contributed by atoms with Crippen molar-refractivity contribution in [2.75, 3.05) is 40.0 Å². The van der Waals surface area contributed by atoms with Crippen LogP contribution in [0.2, 0.25) is 0 Å². The predicted molar refractivity (Wildman–Crippen MR) is 103 cm³/mol. The van der Waals surface area contributed by atoms with Gasteiger partial charge in [0.05, 0.1) is 20.3 Å². The van der Waals surface area contributed by atoms with Crippen LogP contribution in [-0.4, -0.2) is 59.3 Å². The van der Waals surface area contributed by atoms with E-state index in [9.17, 15) is 8.42 Å². The molecule has 6 nitrogen and oxygen atoms in total. The van der Waals surface area contributed by atoms with E-state index >= 15 is 0 Å². The molecule has 1 aliphatic heterocycles. The lowest BCUT2D eigenvalue weighted by atomic mass is 10.0. The largest absolute Gasteiger partial charge is 0.495 e. The Balaban J connectivity index is 2.17. The van der Waals surface area contributed by atoms with Gasteiger partial charge in [-0.3, -0.25) is 4.90 Å². The van der Waals surface area contributed by atoms with E-state index in [2.05, 4.69) is 23.5 Å². The highest BCUT2D eigenvalue weighted by Gasteiger charge is 2.26. The molecule has 26 heavy (non-hydrogen) atoms. The fourth-order valence-corrected chi connectivity index (χ4v) is 4.57. The number of hydrogen-bond donors (Lipinski definition) is 1. The molecule has 1 N–H and O–H groups in total. The lowest BCUT2D eigenvalue weighted by molar-refractivity contribution is 0.0134. The number of hydrogen-bond acceptors (Lipinski definition) is 5. The summed E-state index contributed by atoms with van der Waals surface area (Å²) < 4.78 is 39.4. The van der Waals surface area contributed by atoms with E-state index in [1.54, 1.807) is 12.1 Å². The molecule has 1 fully saturated rings. The van der Waals surface area contributed by atoms with Crippen LogP contribution in [0.1, 0.15) is 31.4 Å². The van der Waals surface area contributed by atoms with Gasteiger partial charge in [0.2, 0.25) is 10.0 Å². The van der Waals surface area contributed by atoms with Crippen molar-refractivity contribution in [1.29, 1.82) is 0 Å². The Bertz CT molecular complexity index is 698. The third-order valence-electron chi connectivity index (χ3n) is 4.88. The van der Waals surface area contributed by atoms with Gasteiger partial charge in [0.25, 0.3) is 0 Å². The minimum atomic E-state index is -3.64. The van der Waals surface area contributed by atoms with Crippen molar-refractivity contribution in [2.24, 2.45) is 5.92 Å². The number of aryl methyl sites for hydroxylation is 2. The van der Waals surface area contributed by atoms with Crippen LogP contribution in [-0.2, 0) is 14.8 Å². The predicted octanol–water partition coefficient (Wildman–Crippen LogP) is 2.34. The lowest BCUT2D eigenvalue weighted by Gasteiger charge is -2.35. The van der Waals surface area contributed by atoms with E-state index in [4.69, 9.17) is 9.47 Å². The van der Waals surface area contributed by atoms with Crippen molar-refractivity contribution >= 4 is 10.0 Å². The van der Waals surface area contributed by atoms with Gasteiger partial charge in [0, 0.05) is 25.7 Å². The monoisotopic (exact) mass is 384 g/mol. The summed E-state index contributed by atoms with van der Waals surface area (Å²) in [5.74, 6) is 0.871. The standard InChI is InChI=1S/C19H32N2O4S/c1-14(2)10-17(21-6-8-25-9-7-21)13-20-26(22,23)19-12-16(4)15(3)11-18(19)24-5/h11-12,14,17,20H,6-10,13H2,1-5H3. The summed E-state index contributed by atoms with van der Waals surface area (Å²) in [4.78, 5) is 2.53. The van der Waals surface area contributed by atoms with E-state index in [0.29, 0.717) is 31.4 Å². The van der Waals surface area contributed by atoms with E-state index in [0.717, 1.165) is 30.6 Å². The molecule has 1 aromatic rings. The summed E-state index contributed by atoms with van der Waals surface area (Å²) in [6.45, 7) is 11.6. The number of benzene rings is 1. The molecular formula is C19H32N2O4S. The molecule has 0 aliphatic carbocycles. The van der Waals surface area contributed by atoms with Crippen LogP contribution in [0.5, 0.6) is 5.75 Å². The maximum absolute atomic E-state index is 12.9. The van der Waals surface area contributed by atoms with Gasteiger partial charge in [-0.2, -0.15) is 0 Å². The molecule has 1 saturated heterocycles. The van der Waals surface area contributed by atoms with Gasteiger partial charge in [-0.05, 0) is 49.4 Å². The van der Waals surface area contributed by atoms with E-state index in [1.165, 1.54) is 7.11 Å². The van der Waals surface area contributed by atoms with Crippen LogP contribution >= 0.6 is 0 Å². The van der Waals surface area contributed by atoms with Crippen molar-refractivity contribution in [3.05, 3.63) is 23.3 Å². The molecule has 0 aromatic heterocycles. The fourth-order valence-electron chi connectivity index (χ4n) is 3.26. The highest BCUT2D eigenvalue weighted by molar-refractivity contribution is 7.89.